The fourth-order valence-corrected chi connectivity index (χ4v) is 5.08. The molecule has 156 valence electrons. The number of nitrogens with one attached hydrogen (secondary N) is 2. The van der Waals surface area contributed by atoms with Crippen molar-refractivity contribution in [2.24, 2.45) is 11.3 Å². The van der Waals surface area contributed by atoms with Crippen molar-refractivity contribution >= 4 is 28.2 Å². The van der Waals surface area contributed by atoms with E-state index in [0.717, 1.165) is 24.8 Å². The predicted octanol–water partition coefficient (Wildman–Crippen LogP) is 5.43. The average molecular weight is 417 g/mol. The molecule has 0 radical (unpaired) electrons. The Balaban J connectivity index is 1.95. The van der Waals surface area contributed by atoms with E-state index >= 15 is 0 Å². The number of carbonyl (C=O) groups is 2. The first kappa shape index (κ1) is 21.5. The van der Waals surface area contributed by atoms with Crippen molar-refractivity contribution in [3.63, 3.8) is 0 Å². The van der Waals surface area contributed by atoms with Crippen LogP contribution in [0.2, 0.25) is 0 Å². The van der Waals surface area contributed by atoms with E-state index in [9.17, 15) is 14.0 Å². The number of thiophene rings is 1. The molecule has 2 N–H and O–H groups in total. The minimum atomic E-state index is -0.390. The van der Waals surface area contributed by atoms with Crippen LogP contribution in [-0.4, -0.2) is 17.9 Å². The molecule has 0 saturated heterocycles. The lowest BCUT2D eigenvalue weighted by molar-refractivity contribution is 0.0943. The van der Waals surface area contributed by atoms with Crippen LogP contribution in [0.15, 0.2) is 24.3 Å². The van der Waals surface area contributed by atoms with E-state index in [2.05, 4.69) is 31.4 Å². The maximum Gasteiger partial charge on any atom is 0.256 e. The molecule has 2 amide bonds. The normalized spacial score (nSPS) is 16.4. The molecule has 1 heterocycles. The van der Waals surface area contributed by atoms with Crippen LogP contribution in [0.4, 0.5) is 9.39 Å². The largest absolute Gasteiger partial charge is 0.350 e. The Hall–Kier alpha value is -2.21. The van der Waals surface area contributed by atoms with Crippen molar-refractivity contribution in [3.8, 4) is 0 Å². The number of hydrogen-bond donors (Lipinski definition) is 2. The lowest BCUT2D eigenvalue weighted by atomic mass is 9.72. The molecule has 1 aromatic carbocycles. The number of halogens is 1. The second-order valence-corrected chi connectivity index (χ2v) is 10.2. The Morgan fingerprint density at radius 2 is 1.79 bits per heavy atom. The quantitative estimate of drug-likeness (QED) is 0.698. The molecule has 1 aliphatic carbocycles. The van der Waals surface area contributed by atoms with Gasteiger partial charge in [-0.15, -0.1) is 11.3 Å². The van der Waals surface area contributed by atoms with E-state index in [1.165, 1.54) is 40.5 Å². The van der Waals surface area contributed by atoms with Gasteiger partial charge in [-0.2, -0.15) is 0 Å². The first-order valence-corrected chi connectivity index (χ1v) is 10.9. The minimum Gasteiger partial charge on any atom is -0.350 e. The second kappa shape index (κ2) is 8.27. The van der Waals surface area contributed by atoms with E-state index < -0.39 is 5.82 Å². The van der Waals surface area contributed by atoms with Crippen molar-refractivity contribution < 1.29 is 14.0 Å². The molecule has 0 fully saturated rings. The summed E-state index contributed by atoms with van der Waals surface area (Å²) < 4.78 is 13.2. The van der Waals surface area contributed by atoms with Gasteiger partial charge in [0.2, 0.25) is 0 Å². The van der Waals surface area contributed by atoms with Gasteiger partial charge in [0.15, 0.2) is 0 Å². The molecular weight excluding hydrogens is 387 g/mol. The number of hydrogen-bond acceptors (Lipinski definition) is 3. The van der Waals surface area contributed by atoms with Crippen molar-refractivity contribution in [2.75, 3.05) is 5.32 Å². The van der Waals surface area contributed by atoms with E-state index in [4.69, 9.17) is 0 Å². The van der Waals surface area contributed by atoms with Crippen molar-refractivity contribution in [1.82, 2.24) is 5.32 Å². The minimum absolute atomic E-state index is 0.00427. The summed E-state index contributed by atoms with van der Waals surface area (Å²) >= 11 is 1.50. The summed E-state index contributed by atoms with van der Waals surface area (Å²) in [5, 5.41) is 6.45. The van der Waals surface area contributed by atoms with Gasteiger partial charge in [0.1, 0.15) is 10.8 Å². The predicted molar refractivity (Wildman–Crippen MR) is 116 cm³/mol. The average Bonchev–Trinajstić information content (AvgIpc) is 2.97. The number of rotatable bonds is 4. The summed E-state index contributed by atoms with van der Waals surface area (Å²) in [4.78, 5) is 26.8. The SMILES string of the molecule is CC(C)NC(=O)c1c(NC(=O)c2ccc(F)cc2)sc2c1CCC(C(C)(C)C)C2. The molecular formula is C23H29FN2O2S. The van der Waals surface area contributed by atoms with Gasteiger partial charge in [-0.25, -0.2) is 4.39 Å². The van der Waals surface area contributed by atoms with E-state index in [1.54, 1.807) is 0 Å². The number of fused-ring (bicyclic) bond motifs is 1. The Kier molecular flexibility index (Phi) is 6.13. The standard InChI is InChI=1S/C23H29FN2O2S/c1-13(2)25-21(28)19-17-11-8-15(23(3,4)5)12-18(17)29-22(19)26-20(27)14-6-9-16(24)10-7-14/h6-7,9-10,13,15H,8,11-12H2,1-5H3,(H,25,28)(H,26,27). The van der Waals surface area contributed by atoms with Gasteiger partial charge in [-0.3, -0.25) is 9.59 Å². The molecule has 0 spiro atoms. The first-order chi connectivity index (χ1) is 13.6. The molecule has 0 saturated carbocycles. The van der Waals surface area contributed by atoms with Crippen LogP contribution in [0.25, 0.3) is 0 Å². The van der Waals surface area contributed by atoms with Crippen LogP contribution in [-0.2, 0) is 12.8 Å². The molecule has 1 aliphatic rings. The van der Waals surface area contributed by atoms with E-state index in [0.29, 0.717) is 22.0 Å². The number of amides is 2. The third kappa shape index (κ3) is 4.86. The Morgan fingerprint density at radius 3 is 2.38 bits per heavy atom. The van der Waals surface area contributed by atoms with Crippen molar-refractivity contribution in [1.29, 1.82) is 0 Å². The van der Waals surface area contributed by atoms with Crippen molar-refractivity contribution in [2.45, 2.75) is 59.9 Å². The summed E-state index contributed by atoms with van der Waals surface area (Å²) in [6.07, 6.45) is 2.78. The van der Waals surface area contributed by atoms with Gasteiger partial charge in [-0.05, 0) is 74.3 Å². The van der Waals surface area contributed by atoms with Crippen LogP contribution >= 0.6 is 11.3 Å². The molecule has 0 bridgehead atoms. The lowest BCUT2D eigenvalue weighted by Gasteiger charge is -2.33. The Bertz CT molecular complexity index is 910. The van der Waals surface area contributed by atoms with Crippen LogP contribution in [0.3, 0.4) is 0 Å². The maximum atomic E-state index is 13.2. The van der Waals surface area contributed by atoms with Gasteiger partial charge in [0.25, 0.3) is 11.8 Å². The highest BCUT2D eigenvalue weighted by Crippen LogP contribution is 2.44. The monoisotopic (exact) mass is 416 g/mol. The van der Waals surface area contributed by atoms with Gasteiger partial charge < -0.3 is 10.6 Å². The summed E-state index contributed by atoms with van der Waals surface area (Å²) in [5.74, 6) is -0.343. The lowest BCUT2D eigenvalue weighted by Crippen LogP contribution is -2.32. The molecule has 29 heavy (non-hydrogen) atoms. The van der Waals surface area contributed by atoms with Crippen LogP contribution in [0.5, 0.6) is 0 Å². The van der Waals surface area contributed by atoms with Gasteiger partial charge in [0.05, 0.1) is 5.56 Å². The zero-order valence-corrected chi connectivity index (χ0v) is 18.5. The van der Waals surface area contributed by atoms with E-state index in [1.807, 2.05) is 13.8 Å². The molecule has 0 aliphatic heterocycles. The maximum absolute atomic E-state index is 13.2. The number of carbonyl (C=O) groups excluding carboxylic acids is 2. The molecule has 2 aromatic rings. The molecule has 3 rings (SSSR count). The van der Waals surface area contributed by atoms with Gasteiger partial charge in [0, 0.05) is 16.5 Å². The Labute approximate surface area is 175 Å². The highest BCUT2D eigenvalue weighted by molar-refractivity contribution is 7.17. The zero-order chi connectivity index (χ0) is 21.3. The summed E-state index contributed by atoms with van der Waals surface area (Å²) in [5.41, 5.74) is 2.20. The van der Waals surface area contributed by atoms with Gasteiger partial charge >= 0.3 is 0 Å². The molecule has 4 nitrogen and oxygen atoms in total. The first-order valence-electron chi connectivity index (χ1n) is 10.1. The third-order valence-corrected chi connectivity index (χ3v) is 6.64. The highest BCUT2D eigenvalue weighted by atomic mass is 32.1. The Morgan fingerprint density at radius 1 is 1.14 bits per heavy atom. The summed E-state index contributed by atoms with van der Waals surface area (Å²) in [6, 6.07) is 5.41. The molecule has 1 atom stereocenters. The fraction of sp³-hybridized carbons (Fsp3) is 0.478. The number of benzene rings is 1. The second-order valence-electron chi connectivity index (χ2n) is 9.10. The zero-order valence-electron chi connectivity index (χ0n) is 17.7. The van der Waals surface area contributed by atoms with Crippen molar-refractivity contribution in [3.05, 3.63) is 51.7 Å². The molecule has 1 unspecified atom stereocenters. The molecule has 1 aromatic heterocycles. The van der Waals surface area contributed by atoms with Gasteiger partial charge in [-0.1, -0.05) is 20.8 Å². The van der Waals surface area contributed by atoms with Crippen LogP contribution in [0, 0.1) is 17.2 Å². The fourth-order valence-electron chi connectivity index (χ4n) is 3.76. The van der Waals surface area contributed by atoms with E-state index in [-0.39, 0.29) is 23.3 Å². The molecule has 6 heteroatoms. The third-order valence-electron chi connectivity index (χ3n) is 5.47. The smallest absolute Gasteiger partial charge is 0.256 e. The van der Waals surface area contributed by atoms with Crippen LogP contribution < -0.4 is 10.6 Å². The summed E-state index contributed by atoms with van der Waals surface area (Å²) in [6.45, 7) is 10.6. The topological polar surface area (TPSA) is 58.2 Å². The number of anilines is 1. The summed E-state index contributed by atoms with van der Waals surface area (Å²) in [7, 11) is 0. The highest BCUT2D eigenvalue weighted by Gasteiger charge is 2.34. The van der Waals surface area contributed by atoms with Crippen LogP contribution in [0.1, 0.15) is 72.2 Å².